The van der Waals surface area contributed by atoms with Crippen molar-refractivity contribution in [3.8, 4) is 12.3 Å². The largest absolute Gasteiger partial charge is 0.472 e. The van der Waals surface area contributed by atoms with E-state index in [4.69, 9.17) is 15.5 Å². The molecule has 0 aromatic rings. The molecule has 0 spiro atoms. The van der Waals surface area contributed by atoms with Crippen LogP contribution in [0.15, 0.2) is 0 Å². The highest BCUT2D eigenvalue weighted by Gasteiger charge is 2.22. The Kier molecular flexibility index (Phi) is 11.0. The maximum absolute atomic E-state index is 11.7. The summed E-state index contributed by atoms with van der Waals surface area (Å²) in [6.45, 7) is 3.71. The summed E-state index contributed by atoms with van der Waals surface area (Å²) in [7, 11) is -0.0263. The molecule has 0 bridgehead atoms. The molecule has 0 saturated heterocycles. The number of likely N-dealkylation sites (N-methyl/N-ethyl adjacent to an activating group) is 1. The summed E-state index contributed by atoms with van der Waals surface area (Å²) in [5.41, 5.74) is 0. The monoisotopic (exact) mass is 320 g/mol. The van der Waals surface area contributed by atoms with Crippen molar-refractivity contribution in [2.75, 3.05) is 40.4 Å². The lowest BCUT2D eigenvalue weighted by Crippen LogP contribution is -2.42. The SMILES string of the molecule is C#CC[N+](C)(C)CCOP(=O)(O)OCCCCCCCC. The van der Waals surface area contributed by atoms with Gasteiger partial charge in [-0.1, -0.05) is 39.0 Å². The summed E-state index contributed by atoms with van der Waals surface area (Å²) in [6.07, 6.45) is 11.9. The summed E-state index contributed by atoms with van der Waals surface area (Å²) in [5, 5.41) is 0. The van der Waals surface area contributed by atoms with E-state index in [1.165, 1.54) is 19.3 Å². The third kappa shape index (κ3) is 13.0. The summed E-state index contributed by atoms with van der Waals surface area (Å²) < 4.78 is 22.1. The Balaban J connectivity index is 3.70. The molecular formula is C15H31NO4P+. The van der Waals surface area contributed by atoms with Crippen molar-refractivity contribution in [2.45, 2.75) is 45.4 Å². The Morgan fingerprint density at radius 1 is 1.10 bits per heavy atom. The van der Waals surface area contributed by atoms with Gasteiger partial charge in [-0.25, -0.2) is 4.57 Å². The number of unbranched alkanes of at least 4 members (excludes halogenated alkanes) is 5. The molecule has 5 nitrogen and oxygen atoms in total. The molecule has 1 N–H and O–H groups in total. The molecule has 0 saturated carbocycles. The first kappa shape index (κ1) is 20.6. The van der Waals surface area contributed by atoms with Crippen LogP contribution in [0.3, 0.4) is 0 Å². The molecule has 0 radical (unpaired) electrons. The summed E-state index contributed by atoms with van der Waals surface area (Å²) in [6, 6.07) is 0. The number of phosphoric ester groups is 1. The van der Waals surface area contributed by atoms with E-state index in [9.17, 15) is 9.46 Å². The van der Waals surface area contributed by atoms with Crippen molar-refractivity contribution in [3.05, 3.63) is 0 Å². The van der Waals surface area contributed by atoms with Crippen LogP contribution >= 0.6 is 7.82 Å². The number of quaternary nitrogens is 1. The lowest BCUT2D eigenvalue weighted by Gasteiger charge is -2.27. The van der Waals surface area contributed by atoms with E-state index >= 15 is 0 Å². The Morgan fingerprint density at radius 2 is 1.67 bits per heavy atom. The topological polar surface area (TPSA) is 55.8 Å². The van der Waals surface area contributed by atoms with Gasteiger partial charge in [-0.05, 0) is 12.3 Å². The van der Waals surface area contributed by atoms with Crippen LogP contribution in [0, 0.1) is 12.3 Å². The van der Waals surface area contributed by atoms with Crippen LogP contribution in [0.1, 0.15) is 45.4 Å². The molecule has 124 valence electrons. The van der Waals surface area contributed by atoms with E-state index in [1.807, 2.05) is 14.1 Å². The summed E-state index contributed by atoms with van der Waals surface area (Å²) in [5.74, 6) is 2.57. The van der Waals surface area contributed by atoms with E-state index in [2.05, 4.69) is 12.8 Å². The molecule has 0 aliphatic heterocycles. The average molecular weight is 320 g/mol. The lowest BCUT2D eigenvalue weighted by molar-refractivity contribution is -0.883. The fourth-order valence-electron chi connectivity index (χ4n) is 1.83. The minimum atomic E-state index is -3.92. The number of phosphoric acid groups is 1. The predicted octanol–water partition coefficient (Wildman–Crippen LogP) is 3.19. The number of hydrogen-bond donors (Lipinski definition) is 1. The first-order valence-corrected chi connectivity index (χ1v) is 9.20. The van der Waals surface area contributed by atoms with E-state index in [0.717, 1.165) is 19.3 Å². The molecule has 1 atom stereocenters. The van der Waals surface area contributed by atoms with Crippen molar-refractivity contribution >= 4 is 7.82 Å². The van der Waals surface area contributed by atoms with Crippen LogP contribution in [-0.2, 0) is 13.6 Å². The normalized spacial score (nSPS) is 14.6. The third-order valence-electron chi connectivity index (χ3n) is 3.22. The molecule has 0 rings (SSSR count). The van der Waals surface area contributed by atoms with Gasteiger partial charge in [0.25, 0.3) is 0 Å². The van der Waals surface area contributed by atoms with Gasteiger partial charge in [0.05, 0.1) is 20.7 Å². The van der Waals surface area contributed by atoms with Gasteiger partial charge >= 0.3 is 7.82 Å². The van der Waals surface area contributed by atoms with E-state index in [0.29, 0.717) is 17.6 Å². The van der Waals surface area contributed by atoms with Crippen LogP contribution in [0.2, 0.25) is 0 Å². The molecule has 1 unspecified atom stereocenters. The van der Waals surface area contributed by atoms with Crippen LogP contribution in [0.25, 0.3) is 0 Å². The molecule has 0 aromatic heterocycles. The zero-order valence-electron chi connectivity index (χ0n) is 13.7. The van der Waals surface area contributed by atoms with Gasteiger partial charge in [-0.3, -0.25) is 9.05 Å². The first-order valence-electron chi connectivity index (χ1n) is 7.70. The van der Waals surface area contributed by atoms with Crippen molar-refractivity contribution < 1.29 is 23.0 Å². The van der Waals surface area contributed by atoms with Gasteiger partial charge in [0.2, 0.25) is 0 Å². The second-order valence-electron chi connectivity index (χ2n) is 5.92. The highest BCUT2D eigenvalue weighted by atomic mass is 31.2. The smallest absolute Gasteiger partial charge is 0.316 e. The van der Waals surface area contributed by atoms with Crippen molar-refractivity contribution in [1.82, 2.24) is 0 Å². The molecule has 0 amide bonds. The number of nitrogens with zero attached hydrogens (tertiary/aromatic N) is 1. The Labute approximate surface area is 129 Å². The number of rotatable bonds is 13. The van der Waals surface area contributed by atoms with E-state index in [-0.39, 0.29) is 13.2 Å². The minimum Gasteiger partial charge on any atom is -0.316 e. The molecule has 0 aromatic carbocycles. The molecule has 6 heteroatoms. The van der Waals surface area contributed by atoms with Gasteiger partial charge in [-0.15, -0.1) is 6.42 Å². The van der Waals surface area contributed by atoms with Gasteiger partial charge in [0, 0.05) is 0 Å². The molecule has 0 aliphatic rings. The quantitative estimate of drug-likeness (QED) is 0.245. The maximum Gasteiger partial charge on any atom is 0.472 e. The van der Waals surface area contributed by atoms with Crippen molar-refractivity contribution in [3.63, 3.8) is 0 Å². The van der Waals surface area contributed by atoms with Crippen molar-refractivity contribution in [1.29, 1.82) is 0 Å². The highest BCUT2D eigenvalue weighted by Crippen LogP contribution is 2.43. The number of hydrogen-bond acceptors (Lipinski definition) is 3. The third-order valence-corrected chi connectivity index (χ3v) is 4.24. The van der Waals surface area contributed by atoms with Gasteiger partial charge < -0.3 is 9.38 Å². The van der Waals surface area contributed by atoms with Gasteiger partial charge in [0.1, 0.15) is 19.7 Å². The highest BCUT2D eigenvalue weighted by molar-refractivity contribution is 7.47. The first-order chi connectivity index (χ1) is 9.83. The van der Waals surface area contributed by atoms with Crippen LogP contribution < -0.4 is 0 Å². The molecular weight excluding hydrogens is 289 g/mol. The van der Waals surface area contributed by atoms with Crippen LogP contribution in [0.5, 0.6) is 0 Å². The van der Waals surface area contributed by atoms with Gasteiger partial charge in [-0.2, -0.15) is 0 Å². The fourth-order valence-corrected chi connectivity index (χ4v) is 2.58. The average Bonchev–Trinajstić information content (AvgIpc) is 2.37. The zero-order valence-corrected chi connectivity index (χ0v) is 14.6. The molecule has 0 fully saturated rings. The minimum absolute atomic E-state index is 0.152. The second-order valence-corrected chi connectivity index (χ2v) is 7.38. The van der Waals surface area contributed by atoms with E-state index < -0.39 is 7.82 Å². The zero-order chi connectivity index (χ0) is 16.2. The van der Waals surface area contributed by atoms with E-state index in [1.54, 1.807) is 0 Å². The Morgan fingerprint density at radius 3 is 2.29 bits per heavy atom. The van der Waals surface area contributed by atoms with Gasteiger partial charge in [0.15, 0.2) is 0 Å². The lowest BCUT2D eigenvalue weighted by atomic mass is 10.1. The molecule has 0 heterocycles. The standard InChI is InChI=1S/C15H30NO4P/c1-5-7-8-9-10-11-14-19-21(17,18)20-15-13-16(3,4)12-6-2/h2H,5,7-15H2,1,3-4H3/p+1. The second kappa shape index (κ2) is 11.2. The molecule has 0 aliphatic carbocycles. The summed E-state index contributed by atoms with van der Waals surface area (Å²) >= 11 is 0. The van der Waals surface area contributed by atoms with Crippen LogP contribution in [0.4, 0.5) is 0 Å². The fraction of sp³-hybridized carbons (Fsp3) is 0.867. The maximum atomic E-state index is 11.7. The molecule has 21 heavy (non-hydrogen) atoms. The predicted molar refractivity (Wildman–Crippen MR) is 85.8 cm³/mol. The summed E-state index contributed by atoms with van der Waals surface area (Å²) in [4.78, 5) is 9.55. The number of terminal acetylenes is 1. The van der Waals surface area contributed by atoms with Crippen LogP contribution in [-0.4, -0.2) is 49.8 Å². The Bertz CT molecular complexity index is 352. The van der Waals surface area contributed by atoms with Crippen molar-refractivity contribution in [2.24, 2.45) is 0 Å². The Hall–Kier alpha value is -0.370.